The Morgan fingerprint density at radius 2 is 1.82 bits per heavy atom. The SMILES string of the molecule is CN(C)CCN(C)c1nccc(C(F)(F)F)n1. The van der Waals surface area contributed by atoms with E-state index in [-0.39, 0.29) is 5.95 Å². The summed E-state index contributed by atoms with van der Waals surface area (Å²) >= 11 is 0. The minimum atomic E-state index is -4.43. The summed E-state index contributed by atoms with van der Waals surface area (Å²) < 4.78 is 37.3. The fraction of sp³-hybridized carbons (Fsp3) is 0.600. The highest BCUT2D eigenvalue weighted by molar-refractivity contribution is 5.29. The average Bonchev–Trinajstić information content (AvgIpc) is 2.25. The van der Waals surface area contributed by atoms with Crippen molar-refractivity contribution in [3.63, 3.8) is 0 Å². The first kappa shape index (κ1) is 13.7. The molecule has 17 heavy (non-hydrogen) atoms. The van der Waals surface area contributed by atoms with E-state index in [0.717, 1.165) is 18.8 Å². The maximum Gasteiger partial charge on any atom is 0.433 e. The zero-order chi connectivity index (χ0) is 13.1. The highest BCUT2D eigenvalue weighted by atomic mass is 19.4. The van der Waals surface area contributed by atoms with E-state index >= 15 is 0 Å². The van der Waals surface area contributed by atoms with Crippen molar-refractivity contribution in [2.75, 3.05) is 39.1 Å². The lowest BCUT2D eigenvalue weighted by Crippen LogP contribution is -2.30. The van der Waals surface area contributed by atoms with E-state index in [2.05, 4.69) is 9.97 Å². The van der Waals surface area contributed by atoms with Crippen LogP contribution in [0.5, 0.6) is 0 Å². The van der Waals surface area contributed by atoms with Crippen molar-refractivity contribution >= 4 is 5.95 Å². The molecule has 0 spiro atoms. The first-order valence-electron chi connectivity index (χ1n) is 5.07. The van der Waals surface area contributed by atoms with E-state index < -0.39 is 11.9 Å². The molecule has 96 valence electrons. The minimum Gasteiger partial charge on any atom is -0.343 e. The molecule has 0 saturated carbocycles. The quantitative estimate of drug-likeness (QED) is 0.808. The molecule has 0 aliphatic rings. The van der Waals surface area contributed by atoms with Gasteiger partial charge in [0.25, 0.3) is 0 Å². The number of hydrogen-bond acceptors (Lipinski definition) is 4. The zero-order valence-corrected chi connectivity index (χ0v) is 9.99. The van der Waals surface area contributed by atoms with Crippen LogP contribution in [0.4, 0.5) is 19.1 Å². The van der Waals surface area contributed by atoms with Crippen LogP contribution >= 0.6 is 0 Å². The summed E-state index contributed by atoms with van der Waals surface area (Å²) in [6.45, 7) is 1.28. The number of nitrogens with zero attached hydrogens (tertiary/aromatic N) is 4. The molecule has 0 radical (unpaired) electrons. The van der Waals surface area contributed by atoms with Crippen molar-refractivity contribution in [1.29, 1.82) is 0 Å². The van der Waals surface area contributed by atoms with Crippen LogP contribution in [-0.4, -0.2) is 49.1 Å². The van der Waals surface area contributed by atoms with Crippen molar-refractivity contribution in [3.05, 3.63) is 18.0 Å². The van der Waals surface area contributed by atoms with E-state index in [1.54, 1.807) is 11.9 Å². The Hall–Kier alpha value is -1.37. The molecule has 0 unspecified atom stereocenters. The van der Waals surface area contributed by atoms with E-state index in [9.17, 15) is 13.2 Å². The van der Waals surface area contributed by atoms with Gasteiger partial charge in [-0.05, 0) is 20.2 Å². The molecule has 0 saturated heterocycles. The number of likely N-dealkylation sites (N-methyl/N-ethyl adjacent to an activating group) is 2. The summed E-state index contributed by atoms with van der Waals surface area (Å²) in [5.41, 5.74) is -0.917. The first-order chi connectivity index (χ1) is 7.80. The van der Waals surface area contributed by atoms with Gasteiger partial charge in [0.05, 0.1) is 0 Å². The van der Waals surface area contributed by atoms with E-state index in [1.807, 2.05) is 19.0 Å². The fourth-order valence-corrected chi connectivity index (χ4v) is 1.14. The summed E-state index contributed by atoms with van der Waals surface area (Å²) in [4.78, 5) is 10.8. The van der Waals surface area contributed by atoms with E-state index in [4.69, 9.17) is 0 Å². The van der Waals surface area contributed by atoms with Gasteiger partial charge >= 0.3 is 6.18 Å². The molecule has 0 aromatic carbocycles. The summed E-state index contributed by atoms with van der Waals surface area (Å²) in [6.07, 6.45) is -3.31. The van der Waals surface area contributed by atoms with Crippen LogP contribution in [0.2, 0.25) is 0 Å². The summed E-state index contributed by atoms with van der Waals surface area (Å²) in [5.74, 6) is 0.0849. The zero-order valence-electron chi connectivity index (χ0n) is 9.99. The minimum absolute atomic E-state index is 0.0849. The molecule has 1 aromatic rings. The van der Waals surface area contributed by atoms with Crippen LogP contribution < -0.4 is 4.90 Å². The lowest BCUT2D eigenvalue weighted by Gasteiger charge is -2.20. The van der Waals surface area contributed by atoms with Crippen LogP contribution in [0.1, 0.15) is 5.69 Å². The number of rotatable bonds is 4. The van der Waals surface area contributed by atoms with Crippen molar-refractivity contribution in [2.24, 2.45) is 0 Å². The van der Waals surface area contributed by atoms with Crippen LogP contribution in [0.25, 0.3) is 0 Å². The molecular formula is C10H15F3N4. The van der Waals surface area contributed by atoms with Gasteiger partial charge in [-0.15, -0.1) is 0 Å². The molecule has 4 nitrogen and oxygen atoms in total. The Balaban J connectivity index is 2.77. The number of alkyl halides is 3. The summed E-state index contributed by atoms with van der Waals surface area (Å²) in [7, 11) is 5.45. The molecular weight excluding hydrogens is 233 g/mol. The number of hydrogen-bond donors (Lipinski definition) is 0. The predicted molar refractivity (Wildman–Crippen MR) is 58.9 cm³/mol. The van der Waals surface area contributed by atoms with Crippen molar-refractivity contribution in [3.8, 4) is 0 Å². The smallest absolute Gasteiger partial charge is 0.343 e. The molecule has 0 atom stereocenters. The van der Waals surface area contributed by atoms with E-state index in [0.29, 0.717) is 6.54 Å². The van der Waals surface area contributed by atoms with Crippen LogP contribution in [0, 0.1) is 0 Å². The van der Waals surface area contributed by atoms with Gasteiger partial charge in [0.15, 0.2) is 0 Å². The molecule has 1 heterocycles. The third-order valence-electron chi connectivity index (χ3n) is 2.16. The largest absolute Gasteiger partial charge is 0.433 e. The van der Waals surface area contributed by atoms with Gasteiger partial charge in [0.1, 0.15) is 5.69 Å². The Bertz CT molecular complexity index is 365. The van der Waals surface area contributed by atoms with Gasteiger partial charge in [-0.1, -0.05) is 0 Å². The topological polar surface area (TPSA) is 32.3 Å². The highest BCUT2D eigenvalue weighted by Gasteiger charge is 2.33. The molecule has 1 aromatic heterocycles. The second kappa shape index (κ2) is 5.31. The monoisotopic (exact) mass is 248 g/mol. The Labute approximate surface area is 98.1 Å². The third kappa shape index (κ3) is 4.18. The number of anilines is 1. The lowest BCUT2D eigenvalue weighted by molar-refractivity contribution is -0.141. The molecule has 0 N–H and O–H groups in total. The maximum absolute atomic E-state index is 12.4. The molecule has 0 aliphatic heterocycles. The maximum atomic E-state index is 12.4. The molecule has 0 bridgehead atoms. The summed E-state index contributed by atoms with van der Waals surface area (Å²) in [6, 6.07) is 0.864. The second-order valence-electron chi connectivity index (χ2n) is 3.96. The summed E-state index contributed by atoms with van der Waals surface area (Å²) in [5, 5.41) is 0. The number of halogens is 3. The molecule has 0 amide bonds. The molecule has 0 fully saturated rings. The van der Waals surface area contributed by atoms with Gasteiger partial charge in [-0.2, -0.15) is 13.2 Å². The second-order valence-corrected chi connectivity index (χ2v) is 3.96. The van der Waals surface area contributed by atoms with Crippen molar-refractivity contribution in [2.45, 2.75) is 6.18 Å². The van der Waals surface area contributed by atoms with Crippen LogP contribution in [0.3, 0.4) is 0 Å². The van der Waals surface area contributed by atoms with Crippen LogP contribution in [0.15, 0.2) is 12.3 Å². The Morgan fingerprint density at radius 1 is 1.18 bits per heavy atom. The Kier molecular flexibility index (Phi) is 4.28. The van der Waals surface area contributed by atoms with Gasteiger partial charge in [-0.3, -0.25) is 0 Å². The third-order valence-corrected chi connectivity index (χ3v) is 2.16. The van der Waals surface area contributed by atoms with E-state index in [1.165, 1.54) is 0 Å². The van der Waals surface area contributed by atoms with Crippen LogP contribution in [-0.2, 0) is 6.18 Å². The highest BCUT2D eigenvalue weighted by Crippen LogP contribution is 2.27. The van der Waals surface area contributed by atoms with Gasteiger partial charge in [0, 0.05) is 26.3 Å². The standard InChI is InChI=1S/C10H15F3N4/c1-16(2)6-7-17(3)9-14-5-4-8(15-9)10(11,12)13/h4-5H,6-7H2,1-3H3. The average molecular weight is 248 g/mol. The van der Waals surface area contributed by atoms with Crippen molar-refractivity contribution < 1.29 is 13.2 Å². The Morgan fingerprint density at radius 3 is 2.35 bits per heavy atom. The van der Waals surface area contributed by atoms with Gasteiger partial charge < -0.3 is 9.80 Å². The van der Waals surface area contributed by atoms with Crippen molar-refractivity contribution in [1.82, 2.24) is 14.9 Å². The predicted octanol–water partition coefficient (Wildman–Crippen LogP) is 1.49. The van der Waals surface area contributed by atoms with Gasteiger partial charge in [0.2, 0.25) is 5.95 Å². The number of aromatic nitrogens is 2. The molecule has 7 heteroatoms. The van der Waals surface area contributed by atoms with Gasteiger partial charge in [-0.25, -0.2) is 9.97 Å². The first-order valence-corrected chi connectivity index (χ1v) is 5.07. The molecule has 0 aliphatic carbocycles. The normalized spacial score (nSPS) is 11.9. The lowest BCUT2D eigenvalue weighted by atomic mass is 10.4. The fourth-order valence-electron chi connectivity index (χ4n) is 1.14. The molecule has 1 rings (SSSR count).